The number of carbonyl (C=O) groups is 2. The number of halogens is 2. The molecule has 3 aromatic rings. The molecule has 35 heavy (non-hydrogen) atoms. The molecule has 0 heterocycles. The lowest BCUT2D eigenvalue weighted by Crippen LogP contribution is -2.41. The summed E-state index contributed by atoms with van der Waals surface area (Å²) in [6.07, 6.45) is 0.733. The van der Waals surface area contributed by atoms with Gasteiger partial charge in [0.1, 0.15) is 5.82 Å². The fourth-order valence-electron chi connectivity index (χ4n) is 3.66. The standard InChI is InChI=1S/C27H30ClFN4O2/c1-5-18(2)33(27(35)31-21-10-8-9-20(29)16-21)17-19-15-22(13-14-25(19)32(3)4)30-26(34)23-11-6-7-12-24(23)28/h6-16,18H,5,17H2,1-4H3,(H,30,34)(H,31,35)/t18-/m1/s1. The highest BCUT2D eigenvalue weighted by atomic mass is 35.5. The maximum Gasteiger partial charge on any atom is 0.322 e. The van der Waals surface area contributed by atoms with Crippen molar-refractivity contribution in [2.45, 2.75) is 32.9 Å². The van der Waals surface area contributed by atoms with Gasteiger partial charge in [0.25, 0.3) is 5.91 Å². The number of benzene rings is 3. The van der Waals surface area contributed by atoms with Crippen molar-refractivity contribution in [3.63, 3.8) is 0 Å². The second-order valence-electron chi connectivity index (χ2n) is 8.50. The van der Waals surface area contributed by atoms with Crippen LogP contribution in [0.25, 0.3) is 0 Å². The summed E-state index contributed by atoms with van der Waals surface area (Å²) in [6, 6.07) is 17.8. The van der Waals surface area contributed by atoms with Crippen LogP contribution in [0.3, 0.4) is 0 Å². The van der Waals surface area contributed by atoms with Crippen LogP contribution in [0, 0.1) is 5.82 Å². The maximum atomic E-state index is 13.6. The van der Waals surface area contributed by atoms with Crippen LogP contribution in [0.1, 0.15) is 36.2 Å². The maximum absolute atomic E-state index is 13.6. The van der Waals surface area contributed by atoms with Crippen LogP contribution in [-0.4, -0.2) is 37.0 Å². The predicted molar refractivity (Wildman–Crippen MR) is 141 cm³/mol. The van der Waals surface area contributed by atoms with Crippen molar-refractivity contribution in [2.75, 3.05) is 29.6 Å². The summed E-state index contributed by atoms with van der Waals surface area (Å²) in [5.74, 6) is -0.739. The third-order valence-corrected chi connectivity index (χ3v) is 6.07. The van der Waals surface area contributed by atoms with Crippen molar-refractivity contribution < 1.29 is 14.0 Å². The topological polar surface area (TPSA) is 64.7 Å². The van der Waals surface area contributed by atoms with E-state index < -0.39 is 5.82 Å². The van der Waals surface area contributed by atoms with Gasteiger partial charge in [0.05, 0.1) is 10.6 Å². The van der Waals surface area contributed by atoms with Gasteiger partial charge >= 0.3 is 6.03 Å². The van der Waals surface area contributed by atoms with Gasteiger partial charge < -0.3 is 20.4 Å². The summed E-state index contributed by atoms with van der Waals surface area (Å²) < 4.78 is 13.6. The highest BCUT2D eigenvalue weighted by Crippen LogP contribution is 2.27. The first-order valence-electron chi connectivity index (χ1n) is 11.4. The van der Waals surface area contributed by atoms with E-state index in [1.54, 1.807) is 41.3 Å². The Morgan fingerprint density at radius 1 is 0.971 bits per heavy atom. The average molecular weight is 497 g/mol. The SMILES string of the molecule is CC[C@@H](C)N(Cc1cc(NC(=O)c2ccccc2Cl)ccc1N(C)C)C(=O)Nc1cccc(F)c1. The van der Waals surface area contributed by atoms with Gasteiger partial charge in [-0.1, -0.05) is 36.7 Å². The second-order valence-corrected chi connectivity index (χ2v) is 8.90. The molecule has 3 amide bonds. The van der Waals surface area contributed by atoms with Crippen LogP contribution in [0.15, 0.2) is 66.7 Å². The number of hydrogen-bond donors (Lipinski definition) is 2. The Labute approximate surface area is 210 Å². The van der Waals surface area contributed by atoms with E-state index in [0.29, 0.717) is 28.5 Å². The smallest absolute Gasteiger partial charge is 0.322 e. The molecular formula is C27H30ClFN4O2. The molecular weight excluding hydrogens is 467 g/mol. The number of rotatable bonds is 8. The minimum atomic E-state index is -0.422. The summed E-state index contributed by atoms with van der Waals surface area (Å²) in [5, 5.41) is 6.05. The van der Waals surface area contributed by atoms with Crippen LogP contribution >= 0.6 is 11.6 Å². The fraction of sp³-hybridized carbons (Fsp3) is 0.259. The van der Waals surface area contributed by atoms with E-state index in [-0.39, 0.29) is 18.0 Å². The molecule has 2 N–H and O–H groups in total. The van der Waals surface area contributed by atoms with E-state index in [2.05, 4.69) is 10.6 Å². The molecule has 0 aliphatic carbocycles. The van der Waals surface area contributed by atoms with Crippen LogP contribution in [0.2, 0.25) is 5.02 Å². The Morgan fingerprint density at radius 3 is 2.34 bits per heavy atom. The molecule has 0 aliphatic heterocycles. The molecule has 0 bridgehead atoms. The van der Waals surface area contributed by atoms with Crippen molar-refractivity contribution in [1.82, 2.24) is 4.90 Å². The van der Waals surface area contributed by atoms with Crippen molar-refractivity contribution >= 4 is 40.6 Å². The van der Waals surface area contributed by atoms with Crippen molar-refractivity contribution in [1.29, 1.82) is 0 Å². The normalized spacial score (nSPS) is 11.5. The predicted octanol–water partition coefficient (Wildman–Crippen LogP) is 6.63. The van der Waals surface area contributed by atoms with Crippen LogP contribution in [0.5, 0.6) is 0 Å². The van der Waals surface area contributed by atoms with E-state index in [0.717, 1.165) is 17.7 Å². The lowest BCUT2D eigenvalue weighted by Gasteiger charge is -2.31. The molecule has 6 nitrogen and oxygen atoms in total. The first kappa shape index (κ1) is 26.0. The molecule has 0 saturated heterocycles. The minimum absolute atomic E-state index is 0.0834. The zero-order valence-corrected chi connectivity index (χ0v) is 21.1. The van der Waals surface area contributed by atoms with Gasteiger partial charge in [0, 0.05) is 43.7 Å². The molecule has 1 atom stereocenters. The van der Waals surface area contributed by atoms with E-state index in [4.69, 9.17) is 11.6 Å². The quantitative estimate of drug-likeness (QED) is 0.368. The molecule has 0 aliphatic rings. The highest BCUT2D eigenvalue weighted by molar-refractivity contribution is 6.34. The lowest BCUT2D eigenvalue weighted by atomic mass is 10.1. The number of amides is 3. The molecule has 3 rings (SSSR count). The summed E-state index contributed by atoms with van der Waals surface area (Å²) in [6.45, 7) is 4.25. The zero-order valence-electron chi connectivity index (χ0n) is 20.3. The molecule has 0 aromatic heterocycles. The molecule has 0 fully saturated rings. The van der Waals surface area contributed by atoms with Gasteiger partial charge in [-0.25, -0.2) is 9.18 Å². The Bertz CT molecular complexity index is 1200. The summed E-state index contributed by atoms with van der Waals surface area (Å²) in [7, 11) is 3.84. The Kier molecular flexibility index (Phi) is 8.71. The highest BCUT2D eigenvalue weighted by Gasteiger charge is 2.22. The van der Waals surface area contributed by atoms with Crippen LogP contribution in [-0.2, 0) is 6.54 Å². The Hall–Kier alpha value is -3.58. The van der Waals surface area contributed by atoms with Crippen LogP contribution < -0.4 is 15.5 Å². The number of urea groups is 1. The van der Waals surface area contributed by atoms with E-state index in [9.17, 15) is 14.0 Å². The second kappa shape index (κ2) is 11.7. The van der Waals surface area contributed by atoms with Crippen LogP contribution in [0.4, 0.5) is 26.2 Å². The Morgan fingerprint density at radius 2 is 1.69 bits per heavy atom. The van der Waals surface area contributed by atoms with E-state index >= 15 is 0 Å². The number of hydrogen-bond acceptors (Lipinski definition) is 3. The first-order valence-corrected chi connectivity index (χ1v) is 11.8. The Balaban J connectivity index is 1.88. The molecule has 0 saturated carbocycles. The number of carbonyl (C=O) groups excluding carboxylic acids is 2. The van der Waals surface area contributed by atoms with Crippen molar-refractivity contribution in [3.8, 4) is 0 Å². The summed E-state index contributed by atoms with van der Waals surface area (Å²) in [5.41, 5.74) is 3.11. The summed E-state index contributed by atoms with van der Waals surface area (Å²) in [4.78, 5) is 29.6. The average Bonchev–Trinajstić information content (AvgIpc) is 2.82. The van der Waals surface area contributed by atoms with Gasteiger partial charge in [-0.2, -0.15) is 0 Å². The number of nitrogens with zero attached hydrogens (tertiary/aromatic N) is 2. The van der Waals surface area contributed by atoms with E-state index in [1.165, 1.54) is 12.1 Å². The molecule has 0 unspecified atom stereocenters. The zero-order chi connectivity index (χ0) is 25.5. The van der Waals surface area contributed by atoms with Gasteiger partial charge in [0.15, 0.2) is 0 Å². The van der Waals surface area contributed by atoms with Gasteiger partial charge in [-0.15, -0.1) is 0 Å². The number of nitrogens with one attached hydrogen (secondary N) is 2. The molecule has 8 heteroatoms. The minimum Gasteiger partial charge on any atom is -0.377 e. The molecule has 184 valence electrons. The summed E-state index contributed by atoms with van der Waals surface area (Å²) >= 11 is 6.17. The largest absolute Gasteiger partial charge is 0.377 e. The molecule has 3 aromatic carbocycles. The molecule has 0 radical (unpaired) electrons. The van der Waals surface area contributed by atoms with E-state index in [1.807, 2.05) is 51.0 Å². The number of anilines is 3. The monoisotopic (exact) mass is 496 g/mol. The lowest BCUT2D eigenvalue weighted by molar-refractivity contribution is 0.102. The first-order chi connectivity index (χ1) is 16.7. The van der Waals surface area contributed by atoms with Crippen molar-refractivity contribution in [2.24, 2.45) is 0 Å². The van der Waals surface area contributed by atoms with Gasteiger partial charge in [0.2, 0.25) is 0 Å². The van der Waals surface area contributed by atoms with Crippen molar-refractivity contribution in [3.05, 3.63) is 88.7 Å². The van der Waals surface area contributed by atoms with Gasteiger partial charge in [-0.05, 0) is 67.4 Å². The third-order valence-electron chi connectivity index (χ3n) is 5.74. The third kappa shape index (κ3) is 6.73. The van der Waals surface area contributed by atoms with Gasteiger partial charge in [-0.3, -0.25) is 4.79 Å². The molecule has 0 spiro atoms. The fourth-order valence-corrected chi connectivity index (χ4v) is 3.88.